The Kier molecular flexibility index (Phi) is 2.68. The van der Waals surface area contributed by atoms with E-state index in [2.05, 4.69) is 10.4 Å². The molecule has 3 N–H and O–H groups in total. The summed E-state index contributed by atoms with van der Waals surface area (Å²) < 4.78 is 5.81. The minimum atomic E-state index is 0.539. The number of rotatable bonds is 3. The maximum atomic E-state index is 5.81. The third kappa shape index (κ3) is 2.06. The molecule has 0 aliphatic heterocycles. The molecule has 0 spiro atoms. The summed E-state index contributed by atoms with van der Waals surface area (Å²) in [5.41, 5.74) is 5.49. The number of benzene rings is 1. The number of aromatic nitrogens is 2. The van der Waals surface area contributed by atoms with Crippen LogP contribution in [0.4, 0.5) is 5.82 Å². The van der Waals surface area contributed by atoms with E-state index in [-0.39, 0.29) is 0 Å². The summed E-state index contributed by atoms with van der Waals surface area (Å²) in [6.45, 7) is 1.94. The summed E-state index contributed by atoms with van der Waals surface area (Å²) >= 11 is 0. The van der Waals surface area contributed by atoms with Crippen LogP contribution in [0.15, 0.2) is 34.7 Å². The van der Waals surface area contributed by atoms with Gasteiger partial charge in [0.25, 0.3) is 0 Å². The fourth-order valence-electron chi connectivity index (χ4n) is 2.69. The molecule has 1 aliphatic carbocycles. The smallest absolute Gasteiger partial charge is 0.165 e. The first kappa shape index (κ1) is 12.3. The number of nitrogens with one attached hydrogen (secondary N) is 1. The molecule has 0 saturated heterocycles. The van der Waals surface area contributed by atoms with Crippen molar-refractivity contribution in [2.75, 3.05) is 5.43 Å². The van der Waals surface area contributed by atoms with Crippen LogP contribution in [0.1, 0.15) is 30.2 Å². The van der Waals surface area contributed by atoms with Crippen LogP contribution in [-0.2, 0) is 0 Å². The zero-order valence-electron chi connectivity index (χ0n) is 11.8. The Hall–Kier alpha value is -2.40. The first-order chi connectivity index (χ1) is 10.3. The van der Waals surface area contributed by atoms with Gasteiger partial charge in [0.2, 0.25) is 0 Å². The van der Waals surface area contributed by atoms with Gasteiger partial charge in [-0.1, -0.05) is 18.2 Å². The van der Waals surface area contributed by atoms with Crippen molar-refractivity contribution in [1.82, 2.24) is 9.97 Å². The number of fused-ring (bicyclic) bond motifs is 1. The lowest BCUT2D eigenvalue weighted by Gasteiger charge is -2.07. The van der Waals surface area contributed by atoms with Gasteiger partial charge in [0.05, 0.1) is 5.56 Å². The van der Waals surface area contributed by atoms with E-state index in [9.17, 15) is 0 Å². The van der Waals surface area contributed by atoms with Crippen LogP contribution in [0.5, 0.6) is 0 Å². The standard InChI is InChI=1S/C16H16N4O/c1-9-15(11-4-2-3-5-13(11)21-9)16-18-12(10-6-7-10)8-14(19-16)20-17/h2-5,8,10H,6-7,17H2,1H3,(H,18,19,20). The Morgan fingerprint density at radius 1 is 1.24 bits per heavy atom. The van der Waals surface area contributed by atoms with Crippen molar-refractivity contribution in [3.63, 3.8) is 0 Å². The van der Waals surface area contributed by atoms with E-state index in [1.54, 1.807) is 0 Å². The fourth-order valence-corrected chi connectivity index (χ4v) is 2.69. The van der Waals surface area contributed by atoms with Crippen LogP contribution in [0.3, 0.4) is 0 Å². The minimum Gasteiger partial charge on any atom is -0.461 e. The molecule has 2 heterocycles. The van der Waals surface area contributed by atoms with Crippen molar-refractivity contribution in [3.05, 3.63) is 41.8 Å². The lowest BCUT2D eigenvalue weighted by atomic mass is 10.1. The van der Waals surface area contributed by atoms with Crippen LogP contribution in [0.25, 0.3) is 22.4 Å². The monoisotopic (exact) mass is 280 g/mol. The highest BCUT2D eigenvalue weighted by molar-refractivity contribution is 5.93. The van der Waals surface area contributed by atoms with Gasteiger partial charge in [0, 0.05) is 23.1 Å². The van der Waals surface area contributed by atoms with Gasteiger partial charge in [-0.2, -0.15) is 0 Å². The first-order valence-electron chi connectivity index (χ1n) is 7.10. The van der Waals surface area contributed by atoms with Gasteiger partial charge in [-0.3, -0.25) is 0 Å². The SMILES string of the molecule is Cc1oc2ccccc2c1-c1nc(NN)cc(C2CC2)n1. The predicted molar refractivity (Wildman–Crippen MR) is 81.8 cm³/mol. The summed E-state index contributed by atoms with van der Waals surface area (Å²) in [7, 11) is 0. The number of aryl methyl sites for hydroxylation is 1. The van der Waals surface area contributed by atoms with E-state index in [4.69, 9.17) is 15.2 Å². The summed E-state index contributed by atoms with van der Waals surface area (Å²) in [4.78, 5) is 9.24. The average Bonchev–Trinajstić information content (AvgIpc) is 3.29. The molecular formula is C16H16N4O. The summed E-state index contributed by atoms with van der Waals surface area (Å²) in [6.07, 6.45) is 2.37. The molecule has 3 aromatic rings. The summed E-state index contributed by atoms with van der Waals surface area (Å²) in [5, 5.41) is 1.03. The lowest BCUT2D eigenvalue weighted by molar-refractivity contribution is 0.579. The van der Waals surface area contributed by atoms with Crippen molar-refractivity contribution in [1.29, 1.82) is 0 Å². The Labute approximate surface area is 122 Å². The molecule has 21 heavy (non-hydrogen) atoms. The molecule has 0 radical (unpaired) electrons. The Balaban J connectivity index is 1.95. The van der Waals surface area contributed by atoms with Gasteiger partial charge < -0.3 is 9.84 Å². The molecule has 0 bridgehead atoms. The van der Waals surface area contributed by atoms with Crippen LogP contribution in [0, 0.1) is 6.92 Å². The third-order valence-corrected chi connectivity index (χ3v) is 3.88. The second-order valence-electron chi connectivity index (χ2n) is 5.45. The number of anilines is 1. The number of hydrogen-bond acceptors (Lipinski definition) is 5. The molecule has 1 aliphatic rings. The molecular weight excluding hydrogens is 264 g/mol. The molecule has 106 valence electrons. The molecule has 4 rings (SSSR count). The molecule has 5 nitrogen and oxygen atoms in total. The van der Waals surface area contributed by atoms with Crippen molar-refractivity contribution in [2.24, 2.45) is 5.84 Å². The fraction of sp³-hybridized carbons (Fsp3) is 0.250. The second kappa shape index (κ2) is 4.56. The Morgan fingerprint density at radius 2 is 2.05 bits per heavy atom. The number of hydrogen-bond donors (Lipinski definition) is 2. The normalized spacial score (nSPS) is 14.6. The molecule has 1 saturated carbocycles. The molecule has 0 atom stereocenters. The number of nitrogens with two attached hydrogens (primary N) is 1. The number of nitrogens with zero attached hydrogens (tertiary/aromatic N) is 2. The van der Waals surface area contributed by atoms with Crippen molar-refractivity contribution < 1.29 is 4.42 Å². The molecule has 2 aromatic heterocycles. The molecule has 1 aromatic carbocycles. The van der Waals surface area contributed by atoms with Gasteiger partial charge in [-0.05, 0) is 25.8 Å². The highest BCUT2D eigenvalue weighted by Crippen LogP contribution is 2.41. The van der Waals surface area contributed by atoms with E-state index in [0.29, 0.717) is 17.6 Å². The van der Waals surface area contributed by atoms with Crippen LogP contribution in [-0.4, -0.2) is 9.97 Å². The van der Waals surface area contributed by atoms with Crippen molar-refractivity contribution >= 4 is 16.8 Å². The van der Waals surface area contributed by atoms with Crippen molar-refractivity contribution in [2.45, 2.75) is 25.7 Å². The van der Waals surface area contributed by atoms with E-state index in [1.165, 1.54) is 12.8 Å². The van der Waals surface area contributed by atoms with Gasteiger partial charge >= 0.3 is 0 Å². The van der Waals surface area contributed by atoms with Gasteiger partial charge in [0.1, 0.15) is 17.2 Å². The van der Waals surface area contributed by atoms with E-state index in [0.717, 1.165) is 28.0 Å². The summed E-state index contributed by atoms with van der Waals surface area (Å²) in [5.74, 6) is 8.23. The van der Waals surface area contributed by atoms with E-state index in [1.807, 2.05) is 37.3 Å². The van der Waals surface area contributed by atoms with Crippen LogP contribution in [0.2, 0.25) is 0 Å². The first-order valence-corrected chi connectivity index (χ1v) is 7.10. The maximum Gasteiger partial charge on any atom is 0.165 e. The molecule has 1 fully saturated rings. The highest BCUT2D eigenvalue weighted by atomic mass is 16.3. The van der Waals surface area contributed by atoms with Crippen LogP contribution >= 0.6 is 0 Å². The molecule has 0 amide bonds. The zero-order chi connectivity index (χ0) is 14.4. The number of nitrogen functional groups attached to an aromatic ring is 1. The average molecular weight is 280 g/mol. The van der Waals surface area contributed by atoms with Crippen molar-refractivity contribution in [3.8, 4) is 11.4 Å². The third-order valence-electron chi connectivity index (χ3n) is 3.88. The predicted octanol–water partition coefficient (Wildman–Crippen LogP) is 3.36. The zero-order valence-corrected chi connectivity index (χ0v) is 11.8. The lowest BCUT2D eigenvalue weighted by Crippen LogP contribution is -2.10. The topological polar surface area (TPSA) is 77.0 Å². The molecule has 5 heteroatoms. The quantitative estimate of drug-likeness (QED) is 0.568. The minimum absolute atomic E-state index is 0.539. The number of para-hydroxylation sites is 1. The molecule has 0 unspecified atom stereocenters. The Bertz CT molecular complexity index is 820. The largest absolute Gasteiger partial charge is 0.461 e. The summed E-state index contributed by atoms with van der Waals surface area (Å²) in [6, 6.07) is 9.87. The van der Waals surface area contributed by atoms with Gasteiger partial charge in [-0.25, -0.2) is 15.8 Å². The van der Waals surface area contributed by atoms with Crippen LogP contribution < -0.4 is 11.3 Å². The maximum absolute atomic E-state index is 5.81. The van der Waals surface area contributed by atoms with Gasteiger partial charge in [0.15, 0.2) is 5.82 Å². The van der Waals surface area contributed by atoms with E-state index < -0.39 is 0 Å². The second-order valence-corrected chi connectivity index (χ2v) is 5.45. The number of furan rings is 1. The highest BCUT2D eigenvalue weighted by Gasteiger charge is 2.27. The van der Waals surface area contributed by atoms with E-state index >= 15 is 0 Å². The number of hydrazine groups is 1. The van der Waals surface area contributed by atoms with Gasteiger partial charge in [-0.15, -0.1) is 0 Å². The Morgan fingerprint density at radius 3 is 2.81 bits per heavy atom.